The van der Waals surface area contributed by atoms with E-state index in [1.165, 1.54) is 11.8 Å². The van der Waals surface area contributed by atoms with Gasteiger partial charge in [-0.15, -0.1) is 11.8 Å². The van der Waals surface area contributed by atoms with Crippen LogP contribution in [0.5, 0.6) is 0 Å². The molecule has 1 fully saturated rings. The van der Waals surface area contributed by atoms with Gasteiger partial charge in [-0.2, -0.15) is 9.36 Å². The van der Waals surface area contributed by atoms with Crippen molar-refractivity contribution in [3.8, 4) is 0 Å². The van der Waals surface area contributed by atoms with Crippen LogP contribution < -0.4 is 20.7 Å². The number of aromatic nitrogens is 3. The Morgan fingerprint density at radius 1 is 1.44 bits per heavy atom. The Labute approximate surface area is 197 Å². The van der Waals surface area contributed by atoms with Gasteiger partial charge in [0.1, 0.15) is 11.4 Å². The second-order valence-corrected chi connectivity index (χ2v) is 9.50. The number of fused-ring (bicyclic) bond motifs is 1. The highest BCUT2D eigenvalue weighted by atomic mass is 79.9. The summed E-state index contributed by atoms with van der Waals surface area (Å²) in [7, 11) is 0. The van der Waals surface area contributed by atoms with Gasteiger partial charge in [-0.05, 0) is 0 Å². The normalized spacial score (nSPS) is 20.6. The number of carboxylic acid groups (broad SMARTS) is 1. The third kappa shape index (κ3) is 4.05. The van der Waals surface area contributed by atoms with Crippen molar-refractivity contribution >= 4 is 67.9 Å². The van der Waals surface area contributed by atoms with E-state index < -0.39 is 34.9 Å². The molecule has 4 heterocycles. The number of nitrogens with zero attached hydrogens (tertiary/aromatic N) is 5. The van der Waals surface area contributed by atoms with Crippen LogP contribution >= 0.6 is 39.2 Å². The summed E-state index contributed by atoms with van der Waals surface area (Å²) in [5.41, 5.74) is 5.28. The molecule has 2 atom stereocenters. The van der Waals surface area contributed by atoms with E-state index in [4.69, 9.17) is 5.73 Å². The van der Waals surface area contributed by atoms with Crippen molar-refractivity contribution in [1.29, 1.82) is 0 Å². The first-order valence-electron chi connectivity index (χ1n) is 8.95. The fraction of sp³-hybridized carbons (Fsp3) is 0.235. The van der Waals surface area contributed by atoms with Gasteiger partial charge in [-0.3, -0.25) is 14.5 Å². The number of hydrogen-bond donors (Lipinski definition) is 3. The number of carbonyl (C=O) groups is 3. The number of aliphatic carboxylic acids is 1. The van der Waals surface area contributed by atoms with E-state index in [1.807, 2.05) is 12.1 Å². The minimum atomic E-state index is -1.47. The number of carboxylic acids is 1. The molecule has 15 heteroatoms. The summed E-state index contributed by atoms with van der Waals surface area (Å²) in [6.07, 6.45) is 3.55. The Morgan fingerprint density at radius 2 is 2.16 bits per heavy atom. The van der Waals surface area contributed by atoms with Crippen LogP contribution in [0.15, 0.2) is 45.4 Å². The molecule has 0 unspecified atom stereocenters. The highest BCUT2D eigenvalue weighted by molar-refractivity contribution is 9.10. The molecule has 2 amide bonds. The molecule has 4 N–H and O–H groups in total. The summed E-state index contributed by atoms with van der Waals surface area (Å²) >= 11 is 5.45. The molecular formula is C17H14BrN7O5S2. The molecule has 0 aliphatic carbocycles. The van der Waals surface area contributed by atoms with E-state index in [2.05, 4.69) is 35.8 Å². The molecule has 2 aromatic rings. The zero-order valence-electron chi connectivity index (χ0n) is 16.0. The number of amides is 2. The van der Waals surface area contributed by atoms with E-state index in [1.54, 1.807) is 17.0 Å². The van der Waals surface area contributed by atoms with E-state index in [9.17, 15) is 24.7 Å². The largest absolute Gasteiger partial charge is 0.543 e. The van der Waals surface area contributed by atoms with Gasteiger partial charge in [0.25, 0.3) is 11.8 Å². The first-order chi connectivity index (χ1) is 15.3. The van der Waals surface area contributed by atoms with E-state index in [-0.39, 0.29) is 23.2 Å². The number of β-lactam (4-membered cyclic amide) rings is 1. The molecule has 1 saturated heterocycles. The summed E-state index contributed by atoms with van der Waals surface area (Å²) in [4.78, 5) is 42.0. The SMILES string of the molecule is Nc1nc(/C(=N/O)C(=O)N[C@@H]2C(=O)N3C(C(=O)[O-])=C(C[n+]4ccc(Br)cc4)CS[C@H]23)ns1. The van der Waals surface area contributed by atoms with Crippen LogP contribution in [0, 0.1) is 0 Å². The molecule has 4 rings (SSSR count). The minimum Gasteiger partial charge on any atom is -0.543 e. The number of oxime groups is 1. The fourth-order valence-corrected chi connectivity index (χ4v) is 5.30. The minimum absolute atomic E-state index is 0.0718. The zero-order valence-corrected chi connectivity index (χ0v) is 19.2. The van der Waals surface area contributed by atoms with Gasteiger partial charge in [0, 0.05) is 39.5 Å². The number of anilines is 1. The van der Waals surface area contributed by atoms with Crippen molar-refractivity contribution in [3.63, 3.8) is 0 Å². The molecular weight excluding hydrogens is 526 g/mol. The third-order valence-electron chi connectivity index (χ3n) is 4.72. The maximum atomic E-state index is 12.7. The van der Waals surface area contributed by atoms with Gasteiger partial charge >= 0.3 is 0 Å². The number of nitrogen functional groups attached to an aromatic ring is 1. The van der Waals surface area contributed by atoms with Crippen LogP contribution in [0.3, 0.4) is 0 Å². The Morgan fingerprint density at radius 3 is 2.75 bits per heavy atom. The standard InChI is InChI=1S/C17H14BrN7O5S2/c18-8-1-3-24(4-2-8)5-7-6-31-15-10(14(27)25(15)11(7)16(28)29)20-13(26)9(22-30)12-21-17(19)32-23-12/h1-4,10,15H,5-6H2,(H4-,19,20,21,23,26,28,29,30)/t10-,15-/m1/s1. The highest BCUT2D eigenvalue weighted by Gasteiger charge is 2.53. The molecule has 12 nitrogen and oxygen atoms in total. The summed E-state index contributed by atoms with van der Waals surface area (Å²) in [6, 6.07) is 2.60. The molecule has 0 aromatic carbocycles. The van der Waals surface area contributed by atoms with Crippen molar-refractivity contribution < 1.29 is 29.3 Å². The molecule has 2 aliphatic heterocycles. The van der Waals surface area contributed by atoms with Crippen LogP contribution in [0.2, 0.25) is 0 Å². The van der Waals surface area contributed by atoms with E-state index in [0.717, 1.165) is 20.9 Å². The van der Waals surface area contributed by atoms with Crippen LogP contribution in [0.1, 0.15) is 5.82 Å². The second-order valence-electron chi connectivity index (χ2n) is 6.69. The average Bonchev–Trinajstić information content (AvgIpc) is 3.19. The molecule has 0 saturated carbocycles. The lowest BCUT2D eigenvalue weighted by atomic mass is 10.0. The molecule has 0 spiro atoms. The fourth-order valence-electron chi connectivity index (χ4n) is 3.29. The summed E-state index contributed by atoms with van der Waals surface area (Å²) < 4.78 is 6.46. The van der Waals surface area contributed by atoms with E-state index in [0.29, 0.717) is 11.3 Å². The van der Waals surface area contributed by atoms with Gasteiger partial charge in [-0.1, -0.05) is 21.1 Å². The maximum absolute atomic E-state index is 12.7. The number of nitrogens with one attached hydrogen (secondary N) is 1. The predicted octanol–water partition coefficient (Wildman–Crippen LogP) is -1.55. The van der Waals surface area contributed by atoms with Crippen LogP contribution in [-0.2, 0) is 20.9 Å². The van der Waals surface area contributed by atoms with Crippen molar-refractivity contribution in [2.75, 3.05) is 11.5 Å². The monoisotopic (exact) mass is 539 g/mol. The van der Waals surface area contributed by atoms with Crippen molar-refractivity contribution in [1.82, 2.24) is 19.6 Å². The maximum Gasteiger partial charge on any atom is 0.278 e. The van der Waals surface area contributed by atoms with Crippen molar-refractivity contribution in [2.24, 2.45) is 5.16 Å². The Kier molecular flexibility index (Phi) is 6.12. The Bertz CT molecular complexity index is 1170. The van der Waals surface area contributed by atoms with E-state index >= 15 is 0 Å². The summed E-state index contributed by atoms with van der Waals surface area (Å²) in [5, 5.41) is 25.8. The van der Waals surface area contributed by atoms with Crippen LogP contribution in [0.25, 0.3) is 0 Å². The Hall–Kier alpha value is -3.04. The highest BCUT2D eigenvalue weighted by Crippen LogP contribution is 2.40. The second kappa shape index (κ2) is 8.84. The molecule has 166 valence electrons. The van der Waals surface area contributed by atoms with Crippen LogP contribution in [0.4, 0.5) is 5.13 Å². The molecule has 2 aromatic heterocycles. The van der Waals surface area contributed by atoms with Crippen LogP contribution in [-0.4, -0.2) is 60.1 Å². The smallest absolute Gasteiger partial charge is 0.278 e. The number of pyridine rings is 1. The quantitative estimate of drug-likeness (QED) is 0.129. The Balaban J connectivity index is 1.52. The predicted molar refractivity (Wildman–Crippen MR) is 114 cm³/mol. The number of hydrogen-bond acceptors (Lipinski definition) is 11. The third-order valence-corrected chi connectivity index (χ3v) is 7.13. The summed E-state index contributed by atoms with van der Waals surface area (Å²) in [6.45, 7) is 0.259. The van der Waals surface area contributed by atoms with Crippen molar-refractivity contribution in [2.45, 2.75) is 18.0 Å². The molecule has 0 bridgehead atoms. The topological polar surface area (TPSA) is 178 Å². The van der Waals surface area contributed by atoms with Crippen molar-refractivity contribution in [3.05, 3.63) is 46.1 Å². The van der Waals surface area contributed by atoms with Gasteiger partial charge in [0.15, 0.2) is 24.1 Å². The molecule has 0 radical (unpaired) electrons. The van der Waals surface area contributed by atoms with Gasteiger partial charge in [-0.25, -0.2) is 4.57 Å². The average molecular weight is 540 g/mol. The number of halogens is 1. The number of rotatable bonds is 6. The first-order valence-corrected chi connectivity index (χ1v) is 11.6. The number of nitrogens with two attached hydrogens (primary N) is 1. The number of thioether (sulfide) groups is 1. The van der Waals surface area contributed by atoms with Gasteiger partial charge in [0.2, 0.25) is 11.5 Å². The number of carbonyl (C=O) groups excluding carboxylic acids is 3. The zero-order chi connectivity index (χ0) is 23.0. The van der Waals surface area contributed by atoms with Gasteiger partial charge < -0.3 is 26.2 Å². The van der Waals surface area contributed by atoms with Gasteiger partial charge in [0.05, 0.1) is 11.7 Å². The lowest BCUT2D eigenvalue weighted by Crippen LogP contribution is -2.71. The lowest BCUT2D eigenvalue weighted by Gasteiger charge is -2.50. The molecule has 32 heavy (non-hydrogen) atoms. The molecule has 2 aliphatic rings. The lowest BCUT2D eigenvalue weighted by molar-refractivity contribution is -0.689. The first kappa shape index (κ1) is 22.2. The summed E-state index contributed by atoms with van der Waals surface area (Å²) in [5.74, 6) is -2.84.